The van der Waals surface area contributed by atoms with Crippen LogP contribution >= 0.6 is 0 Å². The molecule has 0 amide bonds. The fraction of sp³-hybridized carbons (Fsp3) is 0.100. The van der Waals surface area contributed by atoms with Crippen LogP contribution in [0.2, 0.25) is 0 Å². The Kier molecular flexibility index (Phi) is 2.26. The molecule has 0 aliphatic heterocycles. The zero-order chi connectivity index (χ0) is 11.9. The van der Waals surface area contributed by atoms with E-state index in [1.54, 1.807) is 13.1 Å². The van der Waals surface area contributed by atoms with Crippen molar-refractivity contribution in [3.8, 4) is 11.3 Å². The molecule has 2 aromatic rings. The summed E-state index contributed by atoms with van der Waals surface area (Å²) in [7, 11) is 1.65. The van der Waals surface area contributed by atoms with Crippen molar-refractivity contribution < 1.29 is 8.78 Å². The quantitative estimate of drug-likeness (QED) is 0.721. The third-order valence-electron chi connectivity index (χ3n) is 2.27. The lowest BCUT2D eigenvalue weighted by Crippen LogP contribution is -1.97. The van der Waals surface area contributed by atoms with Gasteiger partial charge in [-0.3, -0.25) is 4.68 Å². The first-order valence-corrected chi connectivity index (χ1v) is 4.53. The highest BCUT2D eigenvalue weighted by atomic mass is 19.2. The van der Waals surface area contributed by atoms with Gasteiger partial charge in [0.25, 0.3) is 0 Å². The summed E-state index contributed by atoms with van der Waals surface area (Å²) in [5, 5.41) is 4.04. The summed E-state index contributed by atoms with van der Waals surface area (Å²) in [6.45, 7) is 0. The zero-order valence-electron chi connectivity index (χ0n) is 8.54. The van der Waals surface area contributed by atoms with Gasteiger partial charge in [-0.25, -0.2) is 8.78 Å². The van der Waals surface area contributed by atoms with Crippen LogP contribution in [0.15, 0.2) is 18.2 Å². The zero-order valence-corrected chi connectivity index (χ0v) is 8.54. The van der Waals surface area contributed by atoms with Crippen LogP contribution in [0.5, 0.6) is 0 Å². The molecule has 6 heteroatoms. The van der Waals surface area contributed by atoms with E-state index in [-0.39, 0.29) is 5.69 Å². The molecule has 4 N–H and O–H groups in total. The van der Waals surface area contributed by atoms with Crippen molar-refractivity contribution in [3.63, 3.8) is 0 Å². The number of rotatable bonds is 1. The predicted molar refractivity (Wildman–Crippen MR) is 57.4 cm³/mol. The van der Waals surface area contributed by atoms with E-state index in [0.29, 0.717) is 17.1 Å². The molecule has 0 radical (unpaired) electrons. The minimum absolute atomic E-state index is 0.251. The third-order valence-corrected chi connectivity index (χ3v) is 2.27. The topological polar surface area (TPSA) is 69.9 Å². The molecule has 2 rings (SSSR count). The average Bonchev–Trinajstić information content (AvgIpc) is 2.55. The maximum Gasteiger partial charge on any atom is 0.181 e. The van der Waals surface area contributed by atoms with E-state index < -0.39 is 11.6 Å². The molecule has 0 unspecified atom stereocenters. The molecule has 84 valence electrons. The lowest BCUT2D eigenvalue weighted by atomic mass is 10.1. The molecule has 0 saturated heterocycles. The van der Waals surface area contributed by atoms with E-state index in [0.717, 1.165) is 6.07 Å². The van der Waals surface area contributed by atoms with Gasteiger partial charge in [-0.1, -0.05) is 0 Å². The second kappa shape index (κ2) is 3.48. The fourth-order valence-electron chi connectivity index (χ4n) is 1.38. The van der Waals surface area contributed by atoms with Crippen molar-refractivity contribution in [2.45, 2.75) is 0 Å². The standard InChI is InChI=1S/C10H10F2N4/c1-16-9(14)4-8(15-16)5-2-6(11)10(12)7(13)3-5/h2-4H,13-14H2,1H3. The van der Waals surface area contributed by atoms with Crippen molar-refractivity contribution >= 4 is 11.5 Å². The van der Waals surface area contributed by atoms with E-state index in [9.17, 15) is 8.78 Å². The SMILES string of the molecule is Cn1nc(-c2cc(N)c(F)c(F)c2)cc1N. The highest BCUT2D eigenvalue weighted by molar-refractivity contribution is 5.66. The van der Waals surface area contributed by atoms with Crippen molar-refractivity contribution in [1.29, 1.82) is 0 Å². The number of anilines is 2. The van der Waals surface area contributed by atoms with Crippen molar-refractivity contribution in [3.05, 3.63) is 29.8 Å². The summed E-state index contributed by atoms with van der Waals surface area (Å²) in [4.78, 5) is 0. The fourth-order valence-corrected chi connectivity index (χ4v) is 1.38. The van der Waals surface area contributed by atoms with E-state index in [1.807, 2.05) is 0 Å². The molecule has 4 nitrogen and oxygen atoms in total. The van der Waals surface area contributed by atoms with Gasteiger partial charge in [0.2, 0.25) is 0 Å². The van der Waals surface area contributed by atoms with Gasteiger partial charge in [0.1, 0.15) is 5.82 Å². The number of nitrogens with zero attached hydrogens (tertiary/aromatic N) is 2. The lowest BCUT2D eigenvalue weighted by Gasteiger charge is -2.01. The summed E-state index contributed by atoms with van der Waals surface area (Å²) in [6.07, 6.45) is 0. The van der Waals surface area contributed by atoms with Crippen LogP contribution in [-0.4, -0.2) is 9.78 Å². The van der Waals surface area contributed by atoms with E-state index in [2.05, 4.69) is 5.10 Å². The minimum Gasteiger partial charge on any atom is -0.396 e. The number of benzene rings is 1. The molecule has 1 aromatic carbocycles. The number of hydrogen-bond donors (Lipinski definition) is 2. The Morgan fingerprint density at radius 2 is 1.88 bits per heavy atom. The summed E-state index contributed by atoms with van der Waals surface area (Å²) < 4.78 is 27.5. The van der Waals surface area contributed by atoms with Gasteiger partial charge >= 0.3 is 0 Å². The van der Waals surface area contributed by atoms with Crippen LogP contribution in [-0.2, 0) is 7.05 Å². The molecule has 0 bridgehead atoms. The van der Waals surface area contributed by atoms with Crippen molar-refractivity contribution in [1.82, 2.24) is 9.78 Å². The second-order valence-electron chi connectivity index (χ2n) is 3.44. The van der Waals surface area contributed by atoms with Gasteiger partial charge in [0.15, 0.2) is 11.6 Å². The first kappa shape index (κ1) is 10.4. The van der Waals surface area contributed by atoms with Gasteiger partial charge in [0, 0.05) is 18.7 Å². The highest BCUT2D eigenvalue weighted by Gasteiger charge is 2.11. The van der Waals surface area contributed by atoms with Crippen molar-refractivity contribution in [2.75, 3.05) is 11.5 Å². The molecule has 0 atom stereocenters. The van der Waals surface area contributed by atoms with E-state index in [4.69, 9.17) is 11.5 Å². The highest BCUT2D eigenvalue weighted by Crippen LogP contribution is 2.25. The summed E-state index contributed by atoms with van der Waals surface area (Å²) in [6, 6.07) is 3.92. The molecule has 0 aliphatic carbocycles. The molecule has 0 saturated carbocycles. The second-order valence-corrected chi connectivity index (χ2v) is 3.44. The van der Waals surface area contributed by atoms with Crippen LogP contribution in [0.4, 0.5) is 20.3 Å². The van der Waals surface area contributed by atoms with Crippen LogP contribution in [0, 0.1) is 11.6 Å². The van der Waals surface area contributed by atoms with Gasteiger partial charge in [-0.05, 0) is 12.1 Å². The third kappa shape index (κ3) is 1.58. The molecule has 1 heterocycles. The average molecular weight is 224 g/mol. The van der Waals surface area contributed by atoms with E-state index >= 15 is 0 Å². The number of nitrogens with two attached hydrogens (primary N) is 2. The number of aromatic nitrogens is 2. The predicted octanol–water partition coefficient (Wildman–Crippen LogP) is 1.53. The van der Waals surface area contributed by atoms with Crippen LogP contribution in [0.1, 0.15) is 0 Å². The van der Waals surface area contributed by atoms with Gasteiger partial charge in [-0.2, -0.15) is 5.10 Å². The largest absolute Gasteiger partial charge is 0.396 e. The molecular formula is C10H10F2N4. The first-order chi connectivity index (χ1) is 7.49. The molecule has 1 aromatic heterocycles. The molecule has 16 heavy (non-hydrogen) atoms. The van der Waals surface area contributed by atoms with Crippen LogP contribution in [0.25, 0.3) is 11.3 Å². The summed E-state index contributed by atoms with van der Waals surface area (Å²) in [5.41, 5.74) is 11.5. The smallest absolute Gasteiger partial charge is 0.181 e. The maximum absolute atomic E-state index is 13.1. The van der Waals surface area contributed by atoms with E-state index in [1.165, 1.54) is 10.7 Å². The Balaban J connectivity index is 2.56. The van der Waals surface area contributed by atoms with Crippen LogP contribution in [0.3, 0.4) is 0 Å². The van der Waals surface area contributed by atoms with Crippen LogP contribution < -0.4 is 11.5 Å². The first-order valence-electron chi connectivity index (χ1n) is 4.53. The minimum atomic E-state index is -1.05. The Morgan fingerprint density at radius 1 is 1.19 bits per heavy atom. The normalized spacial score (nSPS) is 10.7. The summed E-state index contributed by atoms with van der Waals surface area (Å²) >= 11 is 0. The molecule has 0 aliphatic rings. The Hall–Kier alpha value is -2.11. The Morgan fingerprint density at radius 3 is 2.38 bits per heavy atom. The van der Waals surface area contributed by atoms with Gasteiger partial charge < -0.3 is 11.5 Å². The van der Waals surface area contributed by atoms with Crippen molar-refractivity contribution in [2.24, 2.45) is 7.05 Å². The Bertz CT molecular complexity index is 505. The maximum atomic E-state index is 13.1. The number of aryl methyl sites for hydroxylation is 1. The molecule has 0 spiro atoms. The lowest BCUT2D eigenvalue weighted by molar-refractivity contribution is 0.512. The number of nitrogen functional groups attached to an aromatic ring is 2. The monoisotopic (exact) mass is 224 g/mol. The number of halogens is 2. The number of hydrogen-bond acceptors (Lipinski definition) is 3. The molecule has 0 fully saturated rings. The Labute approximate surface area is 90.5 Å². The van der Waals surface area contributed by atoms with Gasteiger partial charge in [0.05, 0.1) is 11.4 Å². The summed E-state index contributed by atoms with van der Waals surface area (Å²) in [5.74, 6) is -1.62. The molecular weight excluding hydrogens is 214 g/mol. The van der Waals surface area contributed by atoms with Gasteiger partial charge in [-0.15, -0.1) is 0 Å².